The molecule has 3 rings (SSSR count). The third-order valence-electron chi connectivity index (χ3n) is 6.86. The van der Waals surface area contributed by atoms with Gasteiger partial charge in [0.2, 0.25) is 5.91 Å². The summed E-state index contributed by atoms with van der Waals surface area (Å²) in [5, 5.41) is 5.96. The number of urea groups is 1. The van der Waals surface area contributed by atoms with Crippen LogP contribution >= 0.6 is 0 Å². The van der Waals surface area contributed by atoms with Crippen molar-refractivity contribution in [3.63, 3.8) is 0 Å². The lowest BCUT2D eigenvalue weighted by Crippen LogP contribution is -2.54. The average Bonchev–Trinajstić information content (AvgIpc) is 2.80. The first kappa shape index (κ1) is 18.2. The Morgan fingerprint density at radius 2 is 1.92 bits per heavy atom. The van der Waals surface area contributed by atoms with E-state index in [0.29, 0.717) is 18.3 Å². The summed E-state index contributed by atoms with van der Waals surface area (Å²) in [7, 11) is 0. The summed E-state index contributed by atoms with van der Waals surface area (Å²) in [6.07, 6.45) is 6.91. The average molecular weight is 349 g/mol. The molecule has 0 aromatic rings. The molecule has 0 bridgehead atoms. The zero-order chi connectivity index (χ0) is 18.2. The Balaban J connectivity index is 1.63. The van der Waals surface area contributed by atoms with Crippen LogP contribution in [-0.2, 0) is 9.59 Å². The molecule has 0 aromatic heterocycles. The predicted octanol–water partition coefficient (Wildman–Crippen LogP) is 2.43. The molecule has 1 saturated heterocycles. The van der Waals surface area contributed by atoms with Gasteiger partial charge in [-0.15, -0.1) is 0 Å². The van der Waals surface area contributed by atoms with Gasteiger partial charge in [-0.3, -0.25) is 14.5 Å². The molecule has 6 heteroatoms. The largest absolute Gasteiger partial charge is 0.352 e. The highest BCUT2D eigenvalue weighted by Gasteiger charge is 2.55. The van der Waals surface area contributed by atoms with Gasteiger partial charge < -0.3 is 10.6 Å². The summed E-state index contributed by atoms with van der Waals surface area (Å²) in [5.41, 5.74) is -0.789. The number of nitrogens with one attached hydrogen (secondary N) is 2. The molecule has 25 heavy (non-hydrogen) atoms. The van der Waals surface area contributed by atoms with Gasteiger partial charge in [-0.2, -0.15) is 0 Å². The van der Waals surface area contributed by atoms with Crippen molar-refractivity contribution in [2.24, 2.45) is 17.8 Å². The minimum absolute atomic E-state index is 0.116. The molecule has 2 aliphatic carbocycles. The molecule has 6 nitrogen and oxygen atoms in total. The number of hydrogen-bond donors (Lipinski definition) is 2. The van der Waals surface area contributed by atoms with Crippen molar-refractivity contribution < 1.29 is 14.4 Å². The Labute approximate surface area is 150 Å². The molecular weight excluding hydrogens is 318 g/mol. The van der Waals surface area contributed by atoms with Crippen LogP contribution in [0.2, 0.25) is 0 Å². The van der Waals surface area contributed by atoms with Crippen molar-refractivity contribution in [2.45, 2.75) is 77.3 Å². The molecule has 1 heterocycles. The van der Waals surface area contributed by atoms with Crippen molar-refractivity contribution >= 4 is 17.8 Å². The zero-order valence-corrected chi connectivity index (χ0v) is 15.6. The molecule has 4 amide bonds. The van der Waals surface area contributed by atoms with E-state index in [2.05, 4.69) is 24.5 Å². The van der Waals surface area contributed by atoms with Gasteiger partial charge in [0, 0.05) is 6.04 Å². The molecule has 0 unspecified atom stereocenters. The van der Waals surface area contributed by atoms with Crippen LogP contribution in [0.15, 0.2) is 0 Å². The summed E-state index contributed by atoms with van der Waals surface area (Å²) in [4.78, 5) is 38.9. The van der Waals surface area contributed by atoms with E-state index >= 15 is 0 Å². The Morgan fingerprint density at radius 1 is 1.16 bits per heavy atom. The van der Waals surface area contributed by atoms with Crippen LogP contribution in [0.3, 0.4) is 0 Å². The van der Waals surface area contributed by atoms with Gasteiger partial charge in [0.1, 0.15) is 12.1 Å². The number of carbonyl (C=O) groups excluding carboxylic acids is 3. The molecule has 3 aliphatic rings. The van der Waals surface area contributed by atoms with Crippen molar-refractivity contribution in [1.29, 1.82) is 0 Å². The lowest BCUT2D eigenvalue weighted by atomic mass is 9.73. The topological polar surface area (TPSA) is 78.5 Å². The second-order valence-corrected chi connectivity index (χ2v) is 8.38. The fraction of sp³-hybridized carbons (Fsp3) is 0.842. The van der Waals surface area contributed by atoms with Crippen molar-refractivity contribution in [3.8, 4) is 0 Å². The fourth-order valence-corrected chi connectivity index (χ4v) is 4.82. The van der Waals surface area contributed by atoms with E-state index in [-0.39, 0.29) is 30.3 Å². The smallest absolute Gasteiger partial charge is 0.325 e. The Morgan fingerprint density at radius 3 is 2.64 bits per heavy atom. The third-order valence-corrected chi connectivity index (χ3v) is 6.86. The van der Waals surface area contributed by atoms with Gasteiger partial charge in [-0.25, -0.2) is 4.79 Å². The van der Waals surface area contributed by atoms with Crippen LogP contribution < -0.4 is 10.6 Å². The molecular formula is C19H31N3O3. The maximum Gasteiger partial charge on any atom is 0.325 e. The second kappa shape index (κ2) is 6.96. The van der Waals surface area contributed by atoms with E-state index in [1.54, 1.807) is 0 Å². The van der Waals surface area contributed by atoms with E-state index in [1.165, 1.54) is 6.42 Å². The summed E-state index contributed by atoms with van der Waals surface area (Å²) < 4.78 is 0. The first-order valence-electron chi connectivity index (χ1n) is 9.78. The highest BCUT2D eigenvalue weighted by atomic mass is 16.2. The highest BCUT2D eigenvalue weighted by molar-refractivity contribution is 6.09. The number of nitrogens with zero attached hydrogens (tertiary/aromatic N) is 1. The number of hydrogen-bond acceptors (Lipinski definition) is 3. The first-order valence-corrected chi connectivity index (χ1v) is 9.78. The summed E-state index contributed by atoms with van der Waals surface area (Å²) in [5.74, 6) is 0.678. The van der Waals surface area contributed by atoms with Crippen LogP contribution in [0.5, 0.6) is 0 Å². The number of imide groups is 1. The van der Waals surface area contributed by atoms with Crippen molar-refractivity contribution in [2.75, 3.05) is 6.54 Å². The molecule has 1 aliphatic heterocycles. The van der Waals surface area contributed by atoms with E-state index in [0.717, 1.165) is 37.0 Å². The van der Waals surface area contributed by atoms with Gasteiger partial charge in [0.05, 0.1) is 0 Å². The summed E-state index contributed by atoms with van der Waals surface area (Å²) in [6.45, 7) is 6.23. The maximum absolute atomic E-state index is 12.9. The minimum Gasteiger partial charge on any atom is -0.352 e. The molecule has 2 N–H and O–H groups in total. The number of carbonyl (C=O) groups is 3. The normalized spacial score (nSPS) is 38.8. The van der Waals surface area contributed by atoms with Crippen molar-refractivity contribution in [3.05, 3.63) is 0 Å². The second-order valence-electron chi connectivity index (χ2n) is 8.38. The lowest BCUT2D eigenvalue weighted by Gasteiger charge is -2.37. The van der Waals surface area contributed by atoms with Gasteiger partial charge in [0.15, 0.2) is 0 Å². The SMILES string of the molecule is C[C@H]1[C@H](C)CCC[C@@H]1NC(=O)CN1C(=O)N[C@]2(CCCC[C@H]2C)C1=O. The molecule has 140 valence electrons. The Bertz CT molecular complexity index is 564. The van der Waals surface area contributed by atoms with E-state index in [1.807, 2.05) is 6.92 Å². The standard InChI is InChI=1S/C19H31N3O3/c1-12-7-6-9-15(14(12)3)20-16(23)11-22-17(24)19(21-18(22)25)10-5-4-8-13(19)2/h12-15H,4-11H2,1-3H3,(H,20,23)(H,21,25)/t12-,13-,14+,15+,19+/m1/s1. The lowest BCUT2D eigenvalue weighted by molar-refractivity contribution is -0.137. The first-order chi connectivity index (χ1) is 11.8. The van der Waals surface area contributed by atoms with Crippen LogP contribution in [0.25, 0.3) is 0 Å². The molecule has 2 saturated carbocycles. The van der Waals surface area contributed by atoms with Crippen LogP contribution in [0.1, 0.15) is 65.7 Å². The molecule has 3 fully saturated rings. The Kier molecular flexibility index (Phi) is 5.07. The zero-order valence-electron chi connectivity index (χ0n) is 15.6. The highest BCUT2D eigenvalue weighted by Crippen LogP contribution is 2.38. The monoisotopic (exact) mass is 349 g/mol. The van der Waals surface area contributed by atoms with E-state index in [4.69, 9.17) is 0 Å². The van der Waals surface area contributed by atoms with Crippen LogP contribution in [0.4, 0.5) is 4.79 Å². The third kappa shape index (κ3) is 3.27. The minimum atomic E-state index is -0.789. The van der Waals surface area contributed by atoms with Crippen molar-refractivity contribution in [1.82, 2.24) is 15.5 Å². The van der Waals surface area contributed by atoms with E-state index < -0.39 is 11.6 Å². The number of rotatable bonds is 3. The summed E-state index contributed by atoms with van der Waals surface area (Å²) in [6, 6.07) is -0.279. The van der Waals surface area contributed by atoms with Crippen LogP contribution in [-0.4, -0.2) is 40.9 Å². The molecule has 0 aromatic carbocycles. The van der Waals surface area contributed by atoms with E-state index in [9.17, 15) is 14.4 Å². The van der Waals surface area contributed by atoms with Gasteiger partial charge in [-0.05, 0) is 37.0 Å². The Hall–Kier alpha value is -1.59. The fourth-order valence-electron chi connectivity index (χ4n) is 4.82. The van der Waals surface area contributed by atoms with Gasteiger partial charge in [0.25, 0.3) is 5.91 Å². The quantitative estimate of drug-likeness (QED) is 0.768. The van der Waals surface area contributed by atoms with Crippen LogP contribution in [0, 0.1) is 17.8 Å². The molecule has 5 atom stereocenters. The van der Waals surface area contributed by atoms with Gasteiger partial charge >= 0.3 is 6.03 Å². The molecule has 0 radical (unpaired) electrons. The number of amides is 4. The maximum atomic E-state index is 12.9. The molecule has 1 spiro atoms. The van der Waals surface area contributed by atoms with Gasteiger partial charge in [-0.1, -0.05) is 46.5 Å². The predicted molar refractivity (Wildman–Crippen MR) is 94.7 cm³/mol. The summed E-state index contributed by atoms with van der Waals surface area (Å²) >= 11 is 0.